The molecule has 0 aromatic heterocycles. The van der Waals surface area contributed by atoms with Crippen LogP contribution in [0.3, 0.4) is 0 Å². The number of hydrogen-bond acceptors (Lipinski definition) is 1. The normalized spacial score (nSPS) is 10.1. The van der Waals surface area contributed by atoms with E-state index in [4.69, 9.17) is 0 Å². The second-order valence-corrected chi connectivity index (χ2v) is 4.11. The lowest BCUT2D eigenvalue weighted by atomic mass is 9.99. The summed E-state index contributed by atoms with van der Waals surface area (Å²) in [5, 5.41) is 0. The molecular weight excluding hydrogens is 196 g/mol. The van der Waals surface area contributed by atoms with E-state index in [1.165, 1.54) is 19.3 Å². The van der Waals surface area contributed by atoms with Gasteiger partial charge in [-0.3, -0.25) is 4.79 Å². The fourth-order valence-electron chi connectivity index (χ4n) is 1.67. The van der Waals surface area contributed by atoms with Gasteiger partial charge in [-0.05, 0) is 18.4 Å². The van der Waals surface area contributed by atoms with Crippen molar-refractivity contribution in [2.45, 2.75) is 39.0 Å². The van der Waals surface area contributed by atoms with E-state index in [1.807, 2.05) is 30.3 Å². The Bertz CT molecular complexity index is 338. The topological polar surface area (TPSA) is 17.1 Å². The summed E-state index contributed by atoms with van der Waals surface area (Å²) in [5.74, 6) is 0.0945. The van der Waals surface area contributed by atoms with Crippen LogP contribution >= 0.6 is 0 Å². The summed E-state index contributed by atoms with van der Waals surface area (Å²) in [6.45, 7) is 6.06. The molecule has 1 aromatic rings. The third kappa shape index (κ3) is 4.01. The van der Waals surface area contributed by atoms with Gasteiger partial charge in [0, 0.05) is 5.56 Å². The van der Waals surface area contributed by atoms with Gasteiger partial charge in [0.15, 0.2) is 5.78 Å². The van der Waals surface area contributed by atoms with Crippen molar-refractivity contribution in [3.63, 3.8) is 0 Å². The van der Waals surface area contributed by atoms with Crippen LogP contribution < -0.4 is 0 Å². The maximum Gasteiger partial charge on any atom is 0.188 e. The van der Waals surface area contributed by atoms with E-state index >= 15 is 0 Å². The van der Waals surface area contributed by atoms with Crippen molar-refractivity contribution in [1.29, 1.82) is 0 Å². The van der Waals surface area contributed by atoms with Gasteiger partial charge < -0.3 is 0 Å². The maximum absolute atomic E-state index is 11.9. The van der Waals surface area contributed by atoms with Crippen LogP contribution in [-0.2, 0) is 0 Å². The average Bonchev–Trinajstić information content (AvgIpc) is 2.34. The Labute approximate surface area is 98.2 Å². The summed E-state index contributed by atoms with van der Waals surface area (Å²) in [5.41, 5.74) is 1.49. The fraction of sp³-hybridized carbons (Fsp3) is 0.400. The van der Waals surface area contributed by atoms with E-state index < -0.39 is 0 Å². The second kappa shape index (κ2) is 7.00. The number of hydrogen-bond donors (Lipinski definition) is 0. The quantitative estimate of drug-likeness (QED) is 0.375. The lowest BCUT2D eigenvalue weighted by molar-refractivity contribution is 0.103. The number of Topliss-reactive ketones (excluding diaryl/α,β-unsaturated/α-hetero) is 1. The molecule has 0 saturated carbocycles. The minimum atomic E-state index is 0.0945. The Balaban J connectivity index is 2.40. The number of allylic oxidation sites excluding steroid dienone is 1. The van der Waals surface area contributed by atoms with Gasteiger partial charge in [-0.25, -0.2) is 0 Å². The molecule has 0 atom stereocenters. The molecule has 0 N–H and O–H groups in total. The Hall–Kier alpha value is -1.37. The highest BCUT2D eigenvalue weighted by atomic mass is 16.1. The molecule has 0 bridgehead atoms. The molecule has 1 nitrogen and oxygen atoms in total. The minimum Gasteiger partial charge on any atom is -0.289 e. The van der Waals surface area contributed by atoms with E-state index in [1.54, 1.807) is 0 Å². The van der Waals surface area contributed by atoms with Gasteiger partial charge in [0.1, 0.15) is 0 Å². The van der Waals surface area contributed by atoms with Crippen LogP contribution in [-0.4, -0.2) is 5.78 Å². The summed E-state index contributed by atoms with van der Waals surface area (Å²) in [4.78, 5) is 11.9. The van der Waals surface area contributed by atoms with E-state index in [-0.39, 0.29) is 5.78 Å². The molecule has 0 aliphatic carbocycles. The molecular formula is C15H20O. The lowest BCUT2D eigenvalue weighted by Gasteiger charge is -2.04. The molecule has 0 spiro atoms. The first-order valence-corrected chi connectivity index (χ1v) is 6.03. The molecule has 0 unspecified atom stereocenters. The maximum atomic E-state index is 11.9. The summed E-state index contributed by atoms with van der Waals surface area (Å²) >= 11 is 0. The van der Waals surface area contributed by atoms with E-state index in [0.717, 1.165) is 24.0 Å². The molecule has 0 aliphatic heterocycles. The predicted molar refractivity (Wildman–Crippen MR) is 68.7 cm³/mol. The van der Waals surface area contributed by atoms with Gasteiger partial charge in [0.2, 0.25) is 0 Å². The molecule has 0 amide bonds. The van der Waals surface area contributed by atoms with E-state index in [9.17, 15) is 4.79 Å². The number of rotatable bonds is 7. The summed E-state index contributed by atoms with van der Waals surface area (Å²) in [7, 11) is 0. The molecule has 86 valence electrons. The van der Waals surface area contributed by atoms with Crippen molar-refractivity contribution >= 4 is 5.78 Å². The molecule has 1 rings (SSSR count). The lowest BCUT2D eigenvalue weighted by Crippen LogP contribution is -2.02. The Kier molecular flexibility index (Phi) is 5.55. The zero-order valence-corrected chi connectivity index (χ0v) is 10.0. The Morgan fingerprint density at radius 1 is 1.12 bits per heavy atom. The van der Waals surface area contributed by atoms with Crippen LogP contribution in [0.25, 0.3) is 0 Å². The average molecular weight is 216 g/mol. The van der Waals surface area contributed by atoms with Crippen molar-refractivity contribution in [3.05, 3.63) is 48.0 Å². The minimum absolute atomic E-state index is 0.0945. The molecule has 0 heterocycles. The number of ketones is 1. The fourth-order valence-corrected chi connectivity index (χ4v) is 1.67. The molecule has 0 fully saturated rings. The standard InChI is InChI=1S/C15H20O/c1-3-4-5-7-10-13(2)15(16)14-11-8-6-9-12-14/h6,8-9,11-12H,2-5,7,10H2,1H3. The highest BCUT2D eigenvalue weighted by molar-refractivity contribution is 6.08. The predicted octanol–water partition coefficient (Wildman–Crippen LogP) is 4.40. The van der Waals surface area contributed by atoms with Gasteiger partial charge >= 0.3 is 0 Å². The number of unbranched alkanes of at least 4 members (excludes halogenated alkanes) is 3. The summed E-state index contributed by atoms with van der Waals surface area (Å²) in [6.07, 6.45) is 5.56. The summed E-state index contributed by atoms with van der Waals surface area (Å²) < 4.78 is 0. The smallest absolute Gasteiger partial charge is 0.188 e. The van der Waals surface area contributed by atoms with Gasteiger partial charge in [0.05, 0.1) is 0 Å². The third-order valence-corrected chi connectivity index (χ3v) is 2.69. The first kappa shape index (κ1) is 12.7. The summed E-state index contributed by atoms with van der Waals surface area (Å²) in [6, 6.07) is 9.38. The van der Waals surface area contributed by atoms with Crippen LogP contribution in [0.1, 0.15) is 49.4 Å². The van der Waals surface area contributed by atoms with Gasteiger partial charge in [-0.2, -0.15) is 0 Å². The molecule has 0 radical (unpaired) electrons. The van der Waals surface area contributed by atoms with Crippen molar-refractivity contribution in [2.75, 3.05) is 0 Å². The molecule has 16 heavy (non-hydrogen) atoms. The molecule has 1 heteroatoms. The third-order valence-electron chi connectivity index (χ3n) is 2.69. The van der Waals surface area contributed by atoms with Crippen molar-refractivity contribution < 1.29 is 4.79 Å². The molecule has 0 saturated heterocycles. The Morgan fingerprint density at radius 2 is 1.81 bits per heavy atom. The van der Waals surface area contributed by atoms with E-state index in [2.05, 4.69) is 13.5 Å². The molecule has 1 aromatic carbocycles. The highest BCUT2D eigenvalue weighted by Gasteiger charge is 2.08. The van der Waals surface area contributed by atoms with Gasteiger partial charge in [-0.1, -0.05) is 63.1 Å². The Morgan fingerprint density at radius 3 is 2.44 bits per heavy atom. The first-order chi connectivity index (χ1) is 7.75. The van der Waals surface area contributed by atoms with Crippen molar-refractivity contribution in [2.24, 2.45) is 0 Å². The number of carbonyl (C=O) groups excluding carboxylic acids is 1. The van der Waals surface area contributed by atoms with Crippen molar-refractivity contribution in [1.82, 2.24) is 0 Å². The van der Waals surface area contributed by atoms with Gasteiger partial charge in [0.25, 0.3) is 0 Å². The second-order valence-electron chi connectivity index (χ2n) is 4.11. The largest absolute Gasteiger partial charge is 0.289 e. The first-order valence-electron chi connectivity index (χ1n) is 6.03. The van der Waals surface area contributed by atoms with Crippen LogP contribution in [0.5, 0.6) is 0 Å². The zero-order valence-electron chi connectivity index (χ0n) is 10.0. The van der Waals surface area contributed by atoms with Crippen molar-refractivity contribution in [3.8, 4) is 0 Å². The van der Waals surface area contributed by atoms with Crippen LogP contribution in [0.4, 0.5) is 0 Å². The van der Waals surface area contributed by atoms with Crippen LogP contribution in [0.15, 0.2) is 42.5 Å². The van der Waals surface area contributed by atoms with Crippen LogP contribution in [0, 0.1) is 0 Å². The monoisotopic (exact) mass is 216 g/mol. The zero-order chi connectivity index (χ0) is 11.8. The van der Waals surface area contributed by atoms with Gasteiger partial charge in [-0.15, -0.1) is 0 Å². The van der Waals surface area contributed by atoms with Crippen LogP contribution in [0.2, 0.25) is 0 Å². The SMILES string of the molecule is C=C(CCCCCC)C(=O)c1ccccc1. The number of benzene rings is 1. The highest BCUT2D eigenvalue weighted by Crippen LogP contribution is 2.13. The molecule has 0 aliphatic rings. The van der Waals surface area contributed by atoms with E-state index in [0.29, 0.717) is 0 Å². The number of carbonyl (C=O) groups is 1.